The van der Waals surface area contributed by atoms with E-state index < -0.39 is 0 Å². The molecule has 4 aromatic rings. The second-order valence-corrected chi connectivity index (χ2v) is 6.39. The zero-order valence-electron chi connectivity index (χ0n) is 14.6. The number of H-pyrrole nitrogens is 1. The lowest BCUT2D eigenvalue weighted by Gasteiger charge is -2.09. The third kappa shape index (κ3) is 2.65. The molecule has 0 saturated heterocycles. The van der Waals surface area contributed by atoms with E-state index in [-0.39, 0.29) is 11.1 Å². The van der Waals surface area contributed by atoms with E-state index in [4.69, 9.17) is 0 Å². The van der Waals surface area contributed by atoms with E-state index in [1.807, 2.05) is 43.3 Å². The Hall–Kier alpha value is -3.41. The summed E-state index contributed by atoms with van der Waals surface area (Å²) in [5.41, 5.74) is 3.65. The summed E-state index contributed by atoms with van der Waals surface area (Å²) in [6.45, 7) is 4.18. The van der Waals surface area contributed by atoms with Gasteiger partial charge in [0.2, 0.25) is 0 Å². The Labute approximate surface area is 149 Å². The summed E-state index contributed by atoms with van der Waals surface area (Å²) in [5, 5.41) is 3.59. The highest BCUT2D eigenvalue weighted by Crippen LogP contribution is 2.15. The van der Waals surface area contributed by atoms with Crippen LogP contribution in [-0.4, -0.2) is 19.3 Å². The van der Waals surface area contributed by atoms with Crippen molar-refractivity contribution in [2.75, 3.05) is 0 Å². The van der Waals surface area contributed by atoms with Gasteiger partial charge in [0.25, 0.3) is 11.1 Å². The van der Waals surface area contributed by atoms with Crippen molar-refractivity contribution in [2.24, 2.45) is 0 Å². The maximum atomic E-state index is 13.0. The Balaban J connectivity index is 1.91. The topological polar surface area (TPSA) is 72.7 Å². The zero-order valence-corrected chi connectivity index (χ0v) is 14.6. The van der Waals surface area contributed by atoms with Crippen molar-refractivity contribution < 1.29 is 0 Å². The smallest absolute Gasteiger partial charge is 0.280 e. The van der Waals surface area contributed by atoms with Crippen LogP contribution in [0.15, 0.2) is 64.4 Å². The molecule has 1 aromatic carbocycles. The predicted octanol–water partition coefficient (Wildman–Crippen LogP) is 2.54. The van der Waals surface area contributed by atoms with Gasteiger partial charge in [-0.25, -0.2) is 4.68 Å². The number of pyridine rings is 2. The molecule has 0 spiro atoms. The van der Waals surface area contributed by atoms with Gasteiger partial charge in [0.15, 0.2) is 0 Å². The van der Waals surface area contributed by atoms with Gasteiger partial charge >= 0.3 is 0 Å². The van der Waals surface area contributed by atoms with Crippen LogP contribution >= 0.6 is 0 Å². The number of aromatic nitrogens is 4. The molecule has 0 aliphatic carbocycles. The second-order valence-electron chi connectivity index (χ2n) is 6.39. The maximum absolute atomic E-state index is 13.0. The van der Waals surface area contributed by atoms with Crippen LogP contribution in [-0.2, 0) is 6.54 Å². The molecular weight excluding hydrogens is 328 g/mol. The summed E-state index contributed by atoms with van der Waals surface area (Å²) >= 11 is 0. The van der Waals surface area contributed by atoms with E-state index in [9.17, 15) is 9.59 Å². The summed E-state index contributed by atoms with van der Waals surface area (Å²) in [6.07, 6.45) is 3.38. The standard InChI is InChI=1S/C20H18N4O2/c1-13-4-3-5-16(10-13)24-20(26)19-14(2)23(18(25)11-17(19)22-24)12-15-6-8-21-9-7-15/h3-11,22H,12H2,1-2H3. The van der Waals surface area contributed by atoms with E-state index >= 15 is 0 Å². The van der Waals surface area contributed by atoms with Gasteiger partial charge in [0, 0.05) is 24.2 Å². The molecule has 0 atom stereocenters. The Morgan fingerprint density at radius 1 is 1.04 bits per heavy atom. The van der Waals surface area contributed by atoms with E-state index in [2.05, 4.69) is 10.1 Å². The number of hydrogen-bond donors (Lipinski definition) is 1. The van der Waals surface area contributed by atoms with Crippen LogP contribution in [0.2, 0.25) is 0 Å². The van der Waals surface area contributed by atoms with Gasteiger partial charge in [-0.15, -0.1) is 0 Å². The monoisotopic (exact) mass is 346 g/mol. The molecular formula is C20H18N4O2. The summed E-state index contributed by atoms with van der Waals surface area (Å²) in [6, 6.07) is 12.9. The first-order valence-electron chi connectivity index (χ1n) is 8.36. The number of benzene rings is 1. The molecule has 0 fully saturated rings. The van der Waals surface area contributed by atoms with Crippen LogP contribution in [0, 0.1) is 13.8 Å². The SMILES string of the molecule is Cc1cccc(-n2[nH]c3cc(=O)n(Cc4ccncc4)c(C)c3c2=O)c1. The van der Waals surface area contributed by atoms with Gasteiger partial charge in [-0.1, -0.05) is 12.1 Å². The van der Waals surface area contributed by atoms with E-state index in [1.54, 1.807) is 23.9 Å². The molecule has 3 aromatic heterocycles. The van der Waals surface area contributed by atoms with Crippen LogP contribution in [0.3, 0.4) is 0 Å². The average Bonchev–Trinajstić information content (AvgIpc) is 2.96. The lowest BCUT2D eigenvalue weighted by Crippen LogP contribution is -2.23. The number of nitrogens with zero attached hydrogens (tertiary/aromatic N) is 3. The molecule has 6 nitrogen and oxygen atoms in total. The number of aryl methyl sites for hydroxylation is 2. The average molecular weight is 346 g/mol. The van der Waals surface area contributed by atoms with Gasteiger partial charge in [0.1, 0.15) is 0 Å². The van der Waals surface area contributed by atoms with Gasteiger partial charge in [0.05, 0.1) is 23.1 Å². The first-order chi connectivity index (χ1) is 12.5. The van der Waals surface area contributed by atoms with Gasteiger partial charge in [-0.05, 0) is 49.2 Å². The van der Waals surface area contributed by atoms with Crippen molar-refractivity contribution in [1.82, 2.24) is 19.3 Å². The van der Waals surface area contributed by atoms with E-state index in [0.29, 0.717) is 23.1 Å². The Morgan fingerprint density at radius 2 is 1.81 bits per heavy atom. The van der Waals surface area contributed by atoms with Crippen LogP contribution < -0.4 is 11.1 Å². The quantitative estimate of drug-likeness (QED) is 0.620. The molecule has 0 aliphatic heterocycles. The molecule has 0 saturated carbocycles. The van der Waals surface area contributed by atoms with Crippen LogP contribution in [0.4, 0.5) is 0 Å². The van der Waals surface area contributed by atoms with E-state index in [1.165, 1.54) is 10.7 Å². The van der Waals surface area contributed by atoms with Crippen molar-refractivity contribution in [3.05, 3.63) is 92.4 Å². The Morgan fingerprint density at radius 3 is 2.54 bits per heavy atom. The molecule has 0 radical (unpaired) electrons. The highest BCUT2D eigenvalue weighted by molar-refractivity contribution is 5.80. The van der Waals surface area contributed by atoms with Crippen LogP contribution in [0.1, 0.15) is 16.8 Å². The molecule has 6 heteroatoms. The number of fused-ring (bicyclic) bond motifs is 1. The first-order valence-corrected chi connectivity index (χ1v) is 8.36. The van der Waals surface area contributed by atoms with Crippen LogP contribution in [0.5, 0.6) is 0 Å². The number of rotatable bonds is 3. The largest absolute Gasteiger partial charge is 0.308 e. The fourth-order valence-electron chi connectivity index (χ4n) is 3.23. The summed E-state index contributed by atoms with van der Waals surface area (Å²) < 4.78 is 3.11. The molecule has 0 amide bonds. The zero-order chi connectivity index (χ0) is 18.3. The molecule has 0 bridgehead atoms. The normalized spacial score (nSPS) is 11.2. The predicted molar refractivity (Wildman–Crippen MR) is 101 cm³/mol. The molecule has 0 aliphatic rings. The summed E-state index contributed by atoms with van der Waals surface area (Å²) in [5.74, 6) is 0. The molecule has 3 heterocycles. The van der Waals surface area contributed by atoms with Crippen molar-refractivity contribution in [3.8, 4) is 5.69 Å². The minimum absolute atomic E-state index is 0.149. The lowest BCUT2D eigenvalue weighted by atomic mass is 10.2. The Kier molecular flexibility index (Phi) is 3.80. The molecule has 0 unspecified atom stereocenters. The summed E-state index contributed by atoms with van der Waals surface area (Å²) in [7, 11) is 0. The van der Waals surface area contributed by atoms with Crippen molar-refractivity contribution >= 4 is 10.9 Å². The highest BCUT2D eigenvalue weighted by atomic mass is 16.1. The minimum atomic E-state index is -0.161. The van der Waals surface area contributed by atoms with Crippen molar-refractivity contribution in [2.45, 2.75) is 20.4 Å². The number of nitrogens with one attached hydrogen (secondary N) is 1. The van der Waals surface area contributed by atoms with Crippen molar-refractivity contribution in [3.63, 3.8) is 0 Å². The minimum Gasteiger partial charge on any atom is -0.308 e. The third-order valence-electron chi connectivity index (χ3n) is 4.57. The maximum Gasteiger partial charge on any atom is 0.280 e. The molecule has 26 heavy (non-hydrogen) atoms. The number of aromatic amines is 1. The van der Waals surface area contributed by atoms with Gasteiger partial charge in [-0.2, -0.15) is 0 Å². The van der Waals surface area contributed by atoms with E-state index in [0.717, 1.165) is 16.8 Å². The molecule has 130 valence electrons. The highest BCUT2D eigenvalue weighted by Gasteiger charge is 2.15. The first kappa shape index (κ1) is 16.1. The lowest BCUT2D eigenvalue weighted by molar-refractivity contribution is 0.737. The fraction of sp³-hybridized carbons (Fsp3) is 0.150. The van der Waals surface area contributed by atoms with Gasteiger partial charge in [-0.3, -0.25) is 19.7 Å². The van der Waals surface area contributed by atoms with Crippen molar-refractivity contribution in [1.29, 1.82) is 0 Å². The fourth-order valence-corrected chi connectivity index (χ4v) is 3.23. The van der Waals surface area contributed by atoms with Crippen LogP contribution in [0.25, 0.3) is 16.6 Å². The van der Waals surface area contributed by atoms with Gasteiger partial charge < -0.3 is 4.57 Å². The molecule has 1 N–H and O–H groups in total. The second kappa shape index (κ2) is 6.15. The summed E-state index contributed by atoms with van der Waals surface area (Å²) in [4.78, 5) is 29.6. The Bertz CT molecular complexity index is 1220. The third-order valence-corrected chi connectivity index (χ3v) is 4.57. The number of hydrogen-bond acceptors (Lipinski definition) is 3. The molecule has 4 rings (SSSR count).